The van der Waals surface area contributed by atoms with E-state index in [2.05, 4.69) is 21.7 Å². The summed E-state index contributed by atoms with van der Waals surface area (Å²) in [5.74, 6) is -0.344. The smallest absolute Gasteiger partial charge is 0.319 e. The number of imidazole rings is 1. The minimum Gasteiger partial charge on any atom is -0.491 e. The van der Waals surface area contributed by atoms with Crippen molar-refractivity contribution in [3.63, 3.8) is 0 Å². The fourth-order valence-electron chi connectivity index (χ4n) is 3.86. The summed E-state index contributed by atoms with van der Waals surface area (Å²) in [4.78, 5) is 16.9. The monoisotopic (exact) mass is 394 g/mol. The molecular formula is C22H23FN4O2. The highest BCUT2D eigenvalue weighted by atomic mass is 19.1. The van der Waals surface area contributed by atoms with Crippen LogP contribution in [0.4, 0.5) is 14.9 Å². The maximum Gasteiger partial charge on any atom is 0.319 e. The third-order valence-corrected chi connectivity index (χ3v) is 5.17. The second-order valence-electron chi connectivity index (χ2n) is 6.97. The standard InChI is InChI=1S/C22H23FN4O2/c1-2-29-20-10-8-16(13-18(20)23)25-22(28)26-21-17-6-4-3-5-15(17)7-9-19(21)27-12-11-24-14-27/h3-6,8,10-14,19,21H,2,7,9H2,1H3,(H2,25,26,28). The first-order valence-corrected chi connectivity index (χ1v) is 9.71. The Balaban J connectivity index is 1.54. The highest BCUT2D eigenvalue weighted by Crippen LogP contribution is 2.37. The van der Waals surface area contributed by atoms with Crippen LogP contribution in [0.2, 0.25) is 0 Å². The molecule has 2 amide bonds. The molecule has 3 aromatic rings. The van der Waals surface area contributed by atoms with Gasteiger partial charge in [0.1, 0.15) is 0 Å². The van der Waals surface area contributed by atoms with Crippen molar-refractivity contribution in [2.24, 2.45) is 0 Å². The van der Waals surface area contributed by atoms with Crippen molar-refractivity contribution in [3.05, 3.63) is 78.1 Å². The van der Waals surface area contributed by atoms with Gasteiger partial charge in [0.2, 0.25) is 0 Å². The van der Waals surface area contributed by atoms with Crippen molar-refractivity contribution in [1.29, 1.82) is 0 Å². The maximum absolute atomic E-state index is 14.1. The number of aryl methyl sites for hydroxylation is 1. The quantitative estimate of drug-likeness (QED) is 0.671. The average Bonchev–Trinajstić information content (AvgIpc) is 3.25. The number of nitrogens with one attached hydrogen (secondary N) is 2. The molecule has 0 spiro atoms. The molecule has 2 N–H and O–H groups in total. The molecule has 0 saturated heterocycles. The number of hydrogen-bond donors (Lipinski definition) is 2. The normalized spacial score (nSPS) is 18.0. The van der Waals surface area contributed by atoms with Gasteiger partial charge in [-0.1, -0.05) is 24.3 Å². The predicted octanol–water partition coefficient (Wildman–Crippen LogP) is 4.47. The second-order valence-corrected chi connectivity index (χ2v) is 6.97. The zero-order valence-electron chi connectivity index (χ0n) is 16.1. The van der Waals surface area contributed by atoms with E-state index in [-0.39, 0.29) is 23.9 Å². The number of ether oxygens (including phenoxy) is 1. The number of nitrogens with zero attached hydrogens (tertiary/aromatic N) is 2. The fourth-order valence-corrected chi connectivity index (χ4v) is 3.86. The SMILES string of the molecule is CCOc1ccc(NC(=O)NC2c3ccccc3CCC2n2ccnc2)cc1F. The molecule has 1 aliphatic rings. The third kappa shape index (κ3) is 4.08. The number of hydrogen-bond acceptors (Lipinski definition) is 3. The number of anilines is 1. The van der Waals surface area contributed by atoms with Crippen molar-refractivity contribution < 1.29 is 13.9 Å². The number of amides is 2. The number of halogens is 1. The molecule has 7 heteroatoms. The van der Waals surface area contributed by atoms with Gasteiger partial charge in [-0.05, 0) is 43.0 Å². The van der Waals surface area contributed by atoms with Crippen LogP contribution in [0.25, 0.3) is 0 Å². The molecule has 0 aliphatic heterocycles. The predicted molar refractivity (Wildman–Crippen MR) is 108 cm³/mol. The summed E-state index contributed by atoms with van der Waals surface area (Å²) >= 11 is 0. The molecule has 4 rings (SSSR count). The summed E-state index contributed by atoms with van der Waals surface area (Å²) < 4.78 is 21.3. The Bertz CT molecular complexity index is 990. The number of carbonyl (C=O) groups excluding carboxylic acids is 1. The molecule has 0 bridgehead atoms. The first-order valence-electron chi connectivity index (χ1n) is 9.71. The topological polar surface area (TPSA) is 68.2 Å². The Kier molecular flexibility index (Phi) is 5.46. The molecule has 0 fully saturated rings. The van der Waals surface area contributed by atoms with E-state index in [1.165, 1.54) is 17.7 Å². The zero-order chi connectivity index (χ0) is 20.2. The van der Waals surface area contributed by atoms with Crippen LogP contribution in [0, 0.1) is 5.82 Å². The number of rotatable bonds is 5. The van der Waals surface area contributed by atoms with E-state index in [9.17, 15) is 9.18 Å². The summed E-state index contributed by atoms with van der Waals surface area (Å²) in [7, 11) is 0. The number of carbonyl (C=O) groups is 1. The molecule has 6 nitrogen and oxygen atoms in total. The van der Waals surface area contributed by atoms with Crippen LogP contribution < -0.4 is 15.4 Å². The van der Waals surface area contributed by atoms with Gasteiger partial charge in [-0.15, -0.1) is 0 Å². The molecule has 1 aromatic heterocycles. The Hall–Kier alpha value is -3.35. The number of benzene rings is 2. The maximum atomic E-state index is 14.1. The van der Waals surface area contributed by atoms with Crippen molar-refractivity contribution in [2.75, 3.05) is 11.9 Å². The van der Waals surface area contributed by atoms with Crippen LogP contribution in [-0.2, 0) is 6.42 Å². The lowest BCUT2D eigenvalue weighted by Gasteiger charge is -2.35. The minimum atomic E-state index is -0.510. The van der Waals surface area contributed by atoms with Gasteiger partial charge in [-0.25, -0.2) is 14.2 Å². The van der Waals surface area contributed by atoms with E-state index in [1.54, 1.807) is 25.5 Å². The van der Waals surface area contributed by atoms with E-state index in [0.29, 0.717) is 12.3 Å². The summed E-state index contributed by atoms with van der Waals surface area (Å²) in [5.41, 5.74) is 2.68. The van der Waals surface area contributed by atoms with E-state index < -0.39 is 5.82 Å². The van der Waals surface area contributed by atoms with Crippen molar-refractivity contribution >= 4 is 11.7 Å². The van der Waals surface area contributed by atoms with Crippen molar-refractivity contribution in [2.45, 2.75) is 31.8 Å². The van der Waals surface area contributed by atoms with E-state index in [4.69, 9.17) is 4.74 Å². The summed E-state index contributed by atoms with van der Waals surface area (Å²) in [6.45, 7) is 2.17. The minimum absolute atomic E-state index is 0.0511. The Labute approximate surface area is 168 Å². The lowest BCUT2D eigenvalue weighted by molar-refractivity contribution is 0.239. The Morgan fingerprint density at radius 2 is 2.17 bits per heavy atom. The summed E-state index contributed by atoms with van der Waals surface area (Å²) in [5, 5.41) is 5.79. The van der Waals surface area contributed by atoms with Gasteiger partial charge in [0, 0.05) is 24.1 Å². The van der Waals surface area contributed by atoms with Crippen LogP contribution in [0.15, 0.2) is 61.2 Å². The summed E-state index contributed by atoms with van der Waals surface area (Å²) in [6.07, 6.45) is 7.24. The largest absolute Gasteiger partial charge is 0.491 e. The van der Waals surface area contributed by atoms with Crippen molar-refractivity contribution in [3.8, 4) is 5.75 Å². The van der Waals surface area contributed by atoms with Crippen LogP contribution in [0.1, 0.15) is 36.6 Å². The zero-order valence-corrected chi connectivity index (χ0v) is 16.1. The highest BCUT2D eigenvalue weighted by molar-refractivity contribution is 5.89. The average molecular weight is 394 g/mol. The van der Waals surface area contributed by atoms with Gasteiger partial charge in [-0.2, -0.15) is 0 Å². The van der Waals surface area contributed by atoms with Gasteiger partial charge in [0.15, 0.2) is 11.6 Å². The number of urea groups is 1. The summed E-state index contributed by atoms with van der Waals surface area (Å²) in [6, 6.07) is 12.0. The Morgan fingerprint density at radius 3 is 2.93 bits per heavy atom. The molecule has 0 saturated carbocycles. The lowest BCUT2D eigenvalue weighted by atomic mass is 9.84. The van der Waals surface area contributed by atoms with Crippen LogP contribution in [-0.4, -0.2) is 22.2 Å². The molecule has 1 heterocycles. The highest BCUT2D eigenvalue weighted by Gasteiger charge is 2.31. The molecule has 1 aliphatic carbocycles. The molecule has 2 unspecified atom stereocenters. The van der Waals surface area contributed by atoms with Crippen molar-refractivity contribution in [1.82, 2.24) is 14.9 Å². The molecule has 2 aromatic carbocycles. The number of fused-ring (bicyclic) bond motifs is 1. The molecule has 2 atom stereocenters. The van der Waals surface area contributed by atoms with E-state index in [1.807, 2.05) is 29.0 Å². The van der Waals surface area contributed by atoms with Crippen LogP contribution >= 0.6 is 0 Å². The van der Waals surface area contributed by atoms with E-state index in [0.717, 1.165) is 18.4 Å². The van der Waals surface area contributed by atoms with Gasteiger partial charge >= 0.3 is 6.03 Å². The molecular weight excluding hydrogens is 371 g/mol. The first-order chi connectivity index (χ1) is 14.2. The Morgan fingerprint density at radius 1 is 1.31 bits per heavy atom. The lowest BCUT2D eigenvalue weighted by Crippen LogP contribution is -2.39. The van der Waals surface area contributed by atoms with Gasteiger partial charge in [0.05, 0.1) is 25.0 Å². The second kappa shape index (κ2) is 8.34. The van der Waals surface area contributed by atoms with E-state index >= 15 is 0 Å². The van der Waals surface area contributed by atoms with Crippen LogP contribution in [0.5, 0.6) is 5.75 Å². The van der Waals surface area contributed by atoms with Gasteiger partial charge < -0.3 is 19.9 Å². The molecule has 150 valence electrons. The number of aromatic nitrogens is 2. The van der Waals surface area contributed by atoms with Gasteiger partial charge in [-0.3, -0.25) is 0 Å². The van der Waals surface area contributed by atoms with Gasteiger partial charge in [0.25, 0.3) is 0 Å². The first kappa shape index (κ1) is 19.0. The third-order valence-electron chi connectivity index (χ3n) is 5.17. The van der Waals surface area contributed by atoms with Crippen LogP contribution in [0.3, 0.4) is 0 Å². The molecule has 29 heavy (non-hydrogen) atoms. The molecule has 0 radical (unpaired) electrons. The fraction of sp³-hybridized carbons (Fsp3) is 0.273.